The summed E-state index contributed by atoms with van der Waals surface area (Å²) in [4.78, 5) is 23.4. The van der Waals surface area contributed by atoms with Crippen molar-refractivity contribution in [1.29, 1.82) is 0 Å². The first kappa shape index (κ1) is 12.7. The van der Waals surface area contributed by atoms with Gasteiger partial charge in [-0.1, -0.05) is 18.2 Å². The molecule has 0 saturated carbocycles. The van der Waals surface area contributed by atoms with E-state index in [0.29, 0.717) is 17.4 Å². The van der Waals surface area contributed by atoms with Gasteiger partial charge in [-0.2, -0.15) is 0 Å². The molecule has 94 valence electrons. The van der Waals surface area contributed by atoms with Crippen LogP contribution in [0.4, 0.5) is 5.69 Å². The maximum Gasteiger partial charge on any atom is 0.267 e. The summed E-state index contributed by atoms with van der Waals surface area (Å²) in [7, 11) is 0. The molecule has 1 atom stereocenters. The first-order valence-corrected chi connectivity index (χ1v) is 6.03. The number of anilines is 1. The van der Waals surface area contributed by atoms with E-state index >= 15 is 0 Å². The maximum absolute atomic E-state index is 11.9. The number of ether oxygens (including phenoxy) is 1. The van der Waals surface area contributed by atoms with Crippen molar-refractivity contribution in [2.45, 2.75) is 13.2 Å². The van der Waals surface area contributed by atoms with Crippen LogP contribution in [0.3, 0.4) is 0 Å². The highest BCUT2D eigenvalue weighted by Gasteiger charge is 2.30. The third-order valence-corrected chi connectivity index (χ3v) is 3.33. The van der Waals surface area contributed by atoms with Crippen LogP contribution in [0.2, 0.25) is 0 Å². The Morgan fingerprint density at radius 1 is 1.39 bits per heavy atom. The first-order chi connectivity index (χ1) is 8.58. The fourth-order valence-electron chi connectivity index (χ4n) is 1.41. The molecule has 6 heteroatoms. The van der Waals surface area contributed by atoms with Crippen molar-refractivity contribution < 1.29 is 19.4 Å². The minimum atomic E-state index is -1.50. The van der Waals surface area contributed by atoms with E-state index in [1.807, 2.05) is 6.07 Å². The number of aliphatic hydroxyl groups is 1. The summed E-state index contributed by atoms with van der Waals surface area (Å²) < 4.78 is 4.87. The zero-order valence-corrected chi connectivity index (χ0v) is 10.4. The van der Waals surface area contributed by atoms with Crippen LogP contribution in [0, 0.1) is 0 Å². The number of hydrogen-bond acceptors (Lipinski definition) is 5. The maximum atomic E-state index is 11.9. The fraction of sp³-hybridized carbons (Fsp3) is 0.167. The van der Waals surface area contributed by atoms with Crippen molar-refractivity contribution >= 4 is 28.5 Å². The molecule has 2 rings (SSSR count). The van der Waals surface area contributed by atoms with Gasteiger partial charge in [0, 0.05) is 5.69 Å². The zero-order valence-electron chi connectivity index (χ0n) is 9.54. The number of benzene rings is 1. The molecule has 0 fully saturated rings. The molecule has 0 bridgehead atoms. The first-order valence-electron chi connectivity index (χ1n) is 5.21. The monoisotopic (exact) mass is 265 g/mol. The lowest BCUT2D eigenvalue weighted by atomic mass is 10.3. The molecule has 1 heterocycles. The Morgan fingerprint density at radius 3 is 2.72 bits per heavy atom. The number of rotatable bonds is 2. The SMILES string of the molecule is CC1=C(C(=O)Nc2ccccc2)SC(=O)C(O)O1. The normalized spacial score (nSPS) is 19.4. The van der Waals surface area contributed by atoms with Crippen molar-refractivity contribution in [3.8, 4) is 0 Å². The van der Waals surface area contributed by atoms with Crippen LogP contribution in [0.25, 0.3) is 0 Å². The summed E-state index contributed by atoms with van der Waals surface area (Å²) in [5, 5.41) is 11.2. The highest BCUT2D eigenvalue weighted by molar-refractivity contribution is 8.17. The average molecular weight is 265 g/mol. The molecule has 0 spiro atoms. The van der Waals surface area contributed by atoms with E-state index in [2.05, 4.69) is 5.32 Å². The standard InChI is InChI=1S/C12H11NO4S/c1-7-9(18-12(16)11(15)17-7)10(14)13-8-5-3-2-4-6-8/h2-6,11,15H,1H3,(H,13,14). The average Bonchev–Trinajstić information content (AvgIpc) is 2.35. The Bertz CT molecular complexity index is 512. The molecule has 0 aromatic heterocycles. The third kappa shape index (κ3) is 2.72. The lowest BCUT2D eigenvalue weighted by molar-refractivity contribution is -0.139. The minimum Gasteiger partial charge on any atom is -0.460 e. The number of carbonyl (C=O) groups is 2. The highest BCUT2D eigenvalue weighted by Crippen LogP contribution is 2.30. The van der Waals surface area contributed by atoms with Gasteiger partial charge in [-0.3, -0.25) is 9.59 Å². The van der Waals surface area contributed by atoms with Crippen molar-refractivity contribution in [1.82, 2.24) is 0 Å². The Balaban J connectivity index is 2.14. The number of para-hydroxylation sites is 1. The van der Waals surface area contributed by atoms with Crippen LogP contribution >= 0.6 is 11.8 Å². The van der Waals surface area contributed by atoms with Crippen LogP contribution in [0.1, 0.15) is 6.92 Å². The Labute approximate surface area is 108 Å². The van der Waals surface area contributed by atoms with Crippen LogP contribution in [0.5, 0.6) is 0 Å². The molecule has 0 radical (unpaired) electrons. The molecule has 1 aromatic carbocycles. The van der Waals surface area contributed by atoms with Crippen molar-refractivity contribution in [3.05, 3.63) is 41.0 Å². The third-order valence-electron chi connectivity index (χ3n) is 2.25. The summed E-state index contributed by atoms with van der Waals surface area (Å²) in [6.07, 6.45) is -1.50. The van der Waals surface area contributed by atoms with Crippen molar-refractivity contribution in [2.24, 2.45) is 0 Å². The van der Waals surface area contributed by atoms with Gasteiger partial charge in [0.2, 0.25) is 0 Å². The highest BCUT2D eigenvalue weighted by atomic mass is 32.2. The molecular weight excluding hydrogens is 254 g/mol. The van der Waals surface area contributed by atoms with Crippen LogP contribution in [-0.2, 0) is 14.3 Å². The number of nitrogens with one attached hydrogen (secondary N) is 1. The number of carbonyl (C=O) groups excluding carboxylic acids is 2. The zero-order chi connectivity index (χ0) is 13.1. The van der Waals surface area contributed by atoms with E-state index < -0.39 is 17.3 Å². The van der Waals surface area contributed by atoms with Gasteiger partial charge in [0.15, 0.2) is 0 Å². The van der Waals surface area contributed by atoms with E-state index in [1.165, 1.54) is 6.92 Å². The second kappa shape index (κ2) is 5.24. The summed E-state index contributed by atoms with van der Waals surface area (Å²) in [6.45, 7) is 1.53. The summed E-state index contributed by atoms with van der Waals surface area (Å²) in [5.74, 6) is -0.190. The van der Waals surface area contributed by atoms with Gasteiger partial charge in [0.25, 0.3) is 17.3 Å². The van der Waals surface area contributed by atoms with Crippen molar-refractivity contribution in [2.75, 3.05) is 5.32 Å². The predicted octanol–water partition coefficient (Wildman–Crippen LogP) is 1.46. The van der Waals surface area contributed by atoms with Gasteiger partial charge >= 0.3 is 0 Å². The lowest BCUT2D eigenvalue weighted by Crippen LogP contribution is -2.28. The molecule has 1 aliphatic heterocycles. The quantitative estimate of drug-likeness (QED) is 0.846. The molecule has 1 amide bonds. The molecule has 5 nitrogen and oxygen atoms in total. The van der Waals surface area contributed by atoms with Gasteiger partial charge in [-0.05, 0) is 30.8 Å². The van der Waals surface area contributed by atoms with Crippen LogP contribution < -0.4 is 5.32 Å². The Hall–Kier alpha value is -1.79. The van der Waals surface area contributed by atoms with Crippen LogP contribution in [-0.4, -0.2) is 22.4 Å². The van der Waals surface area contributed by atoms with E-state index in [0.717, 1.165) is 0 Å². The number of aliphatic hydroxyl groups excluding tert-OH is 1. The second-order valence-electron chi connectivity index (χ2n) is 3.60. The Morgan fingerprint density at radius 2 is 2.06 bits per heavy atom. The summed E-state index contributed by atoms with van der Waals surface area (Å²) in [6, 6.07) is 8.88. The van der Waals surface area contributed by atoms with Gasteiger partial charge in [-0.15, -0.1) is 0 Å². The van der Waals surface area contributed by atoms with Gasteiger partial charge in [-0.25, -0.2) is 0 Å². The molecule has 18 heavy (non-hydrogen) atoms. The molecular formula is C12H11NO4S. The molecule has 1 unspecified atom stereocenters. The number of amides is 1. The smallest absolute Gasteiger partial charge is 0.267 e. The molecule has 0 aliphatic carbocycles. The molecule has 1 aliphatic rings. The number of thioether (sulfide) groups is 1. The minimum absolute atomic E-state index is 0.161. The van der Waals surface area contributed by atoms with Gasteiger partial charge < -0.3 is 15.2 Å². The Kier molecular flexibility index (Phi) is 3.69. The molecule has 2 N–H and O–H groups in total. The lowest BCUT2D eigenvalue weighted by Gasteiger charge is -2.20. The van der Waals surface area contributed by atoms with E-state index in [1.54, 1.807) is 24.3 Å². The van der Waals surface area contributed by atoms with E-state index in [4.69, 9.17) is 4.74 Å². The predicted molar refractivity (Wildman–Crippen MR) is 67.5 cm³/mol. The molecule has 1 aromatic rings. The molecule has 0 saturated heterocycles. The van der Waals surface area contributed by atoms with E-state index in [9.17, 15) is 14.7 Å². The second-order valence-corrected chi connectivity index (χ2v) is 4.61. The topological polar surface area (TPSA) is 75.6 Å². The van der Waals surface area contributed by atoms with Crippen molar-refractivity contribution in [3.63, 3.8) is 0 Å². The number of allylic oxidation sites excluding steroid dienone is 1. The number of hydrogen-bond donors (Lipinski definition) is 2. The van der Waals surface area contributed by atoms with Gasteiger partial charge in [0.1, 0.15) is 10.7 Å². The van der Waals surface area contributed by atoms with Crippen LogP contribution in [0.15, 0.2) is 41.0 Å². The summed E-state index contributed by atoms with van der Waals surface area (Å²) >= 11 is 0.684. The fourth-order valence-corrected chi connectivity index (χ4v) is 2.09. The largest absolute Gasteiger partial charge is 0.460 e. The summed E-state index contributed by atoms with van der Waals surface area (Å²) in [5.41, 5.74) is 0.627. The van der Waals surface area contributed by atoms with Gasteiger partial charge in [0.05, 0.1) is 0 Å². The van der Waals surface area contributed by atoms with E-state index in [-0.39, 0.29) is 10.7 Å².